The maximum Gasteiger partial charge on any atom is 0.328 e. The van der Waals surface area contributed by atoms with Crippen molar-refractivity contribution >= 4 is 35.5 Å². The second-order valence-corrected chi connectivity index (χ2v) is 9.49. The first-order valence-corrected chi connectivity index (χ1v) is 12.3. The van der Waals surface area contributed by atoms with Gasteiger partial charge in [0.1, 0.15) is 29.1 Å². The predicted octanol–water partition coefficient (Wildman–Crippen LogP) is 1.53. The van der Waals surface area contributed by atoms with Crippen LogP contribution in [0.25, 0.3) is 0 Å². The zero-order valence-electron chi connectivity index (χ0n) is 20.8. The molecule has 3 aliphatic heterocycles. The van der Waals surface area contributed by atoms with Crippen molar-refractivity contribution in [3.63, 3.8) is 0 Å². The molecular formula is C25H27FN8O4. The lowest BCUT2D eigenvalue weighted by Gasteiger charge is -2.52. The van der Waals surface area contributed by atoms with Gasteiger partial charge in [-0.3, -0.25) is 19.8 Å². The van der Waals surface area contributed by atoms with Crippen LogP contribution in [0.1, 0.15) is 40.0 Å². The van der Waals surface area contributed by atoms with E-state index >= 15 is 4.39 Å². The van der Waals surface area contributed by atoms with E-state index in [1.165, 1.54) is 17.2 Å². The van der Waals surface area contributed by atoms with E-state index in [0.717, 1.165) is 0 Å². The minimum Gasteiger partial charge on any atom is -0.383 e. The molecule has 0 spiro atoms. The molecule has 4 aliphatic rings. The highest BCUT2D eigenvalue weighted by atomic mass is 19.1. The summed E-state index contributed by atoms with van der Waals surface area (Å²) in [6, 6.07) is 4.14. The van der Waals surface area contributed by atoms with Gasteiger partial charge in [0.25, 0.3) is 0 Å². The highest BCUT2D eigenvalue weighted by molar-refractivity contribution is 6.03. The number of nitrogens with one attached hydrogen (secondary N) is 3. The van der Waals surface area contributed by atoms with Crippen LogP contribution < -0.4 is 20.9 Å². The molecule has 2 aromatic rings. The smallest absolute Gasteiger partial charge is 0.328 e. The molecule has 12 nitrogen and oxygen atoms in total. The predicted molar refractivity (Wildman–Crippen MR) is 135 cm³/mol. The lowest BCUT2D eigenvalue weighted by molar-refractivity contribution is -0.132. The zero-order valence-corrected chi connectivity index (χ0v) is 20.8. The average Bonchev–Trinajstić information content (AvgIpc) is 2.89. The molecule has 2 aromatic heterocycles. The summed E-state index contributed by atoms with van der Waals surface area (Å²) in [6.07, 6.45) is 2.11. The number of amides is 3. The molecule has 38 heavy (non-hydrogen) atoms. The van der Waals surface area contributed by atoms with Gasteiger partial charge < -0.3 is 20.3 Å². The number of hydrogen-bond donors (Lipinski definition) is 3. The number of rotatable bonds is 8. The van der Waals surface area contributed by atoms with Crippen LogP contribution in [0.15, 0.2) is 18.3 Å². The molecule has 198 valence electrons. The largest absolute Gasteiger partial charge is 0.383 e. The Morgan fingerprint density at radius 2 is 2.24 bits per heavy atom. The molecule has 1 saturated carbocycles. The van der Waals surface area contributed by atoms with Gasteiger partial charge in [0.2, 0.25) is 5.91 Å². The minimum absolute atomic E-state index is 0.0545. The standard InChI is InChI=1S/C25H27FN8O4/c1-38-5-3-29-19-7-21(30-11-16(19)10-27)32-24(37)34-17-8-25(26,9-17)18-6-15(20(14-35)31-23(18)34)13-33-4-2-28-12-22(33)36/h6-7,11,14,17,28H,2-5,8-9,12-13H2,1H3,(H2,29,30,32,37). The summed E-state index contributed by atoms with van der Waals surface area (Å²) in [4.78, 5) is 49.1. The number of carbonyl (C=O) groups is 3. The van der Waals surface area contributed by atoms with Gasteiger partial charge in [-0.05, 0) is 6.07 Å². The highest BCUT2D eigenvalue weighted by Gasteiger charge is 2.57. The molecule has 3 amide bonds. The third kappa shape index (κ3) is 4.64. The number of anilines is 3. The molecule has 6 rings (SSSR count). The van der Waals surface area contributed by atoms with Gasteiger partial charge in [0.05, 0.1) is 24.4 Å². The van der Waals surface area contributed by atoms with Crippen LogP contribution in [0.4, 0.5) is 26.5 Å². The summed E-state index contributed by atoms with van der Waals surface area (Å²) in [5.74, 6) is 0.157. The molecule has 0 atom stereocenters. The Hall–Kier alpha value is -4.15. The van der Waals surface area contributed by atoms with Crippen molar-refractivity contribution in [2.75, 3.05) is 55.4 Å². The molecule has 0 radical (unpaired) electrons. The Balaban J connectivity index is 1.42. The summed E-state index contributed by atoms with van der Waals surface area (Å²) in [5, 5.41) is 18.1. The summed E-state index contributed by atoms with van der Waals surface area (Å²) in [6.45, 7) is 2.28. The van der Waals surface area contributed by atoms with E-state index in [-0.39, 0.29) is 54.7 Å². The van der Waals surface area contributed by atoms with Crippen molar-refractivity contribution in [3.8, 4) is 6.07 Å². The first kappa shape index (κ1) is 25.5. The Morgan fingerprint density at radius 1 is 1.42 bits per heavy atom. The second kappa shape index (κ2) is 10.3. The van der Waals surface area contributed by atoms with Crippen LogP contribution in [0.2, 0.25) is 0 Å². The van der Waals surface area contributed by atoms with E-state index in [1.807, 2.05) is 6.07 Å². The van der Waals surface area contributed by atoms with Crippen molar-refractivity contribution in [3.05, 3.63) is 40.7 Å². The Kier molecular flexibility index (Phi) is 6.92. The summed E-state index contributed by atoms with van der Waals surface area (Å²) < 4.78 is 20.7. The van der Waals surface area contributed by atoms with Gasteiger partial charge in [0.15, 0.2) is 6.29 Å². The number of hydrogen-bond acceptors (Lipinski definition) is 9. The molecule has 3 N–H and O–H groups in total. The summed E-state index contributed by atoms with van der Waals surface area (Å²) >= 11 is 0. The number of nitrogens with zero attached hydrogens (tertiary/aromatic N) is 5. The lowest BCUT2D eigenvalue weighted by Crippen LogP contribution is -2.60. The number of ether oxygens (including phenoxy) is 1. The summed E-state index contributed by atoms with van der Waals surface area (Å²) in [5.41, 5.74) is -0.146. The molecule has 5 heterocycles. The number of methoxy groups -OCH3 is 1. The average molecular weight is 523 g/mol. The Bertz CT molecular complexity index is 1320. The Labute approximate surface area is 218 Å². The monoisotopic (exact) mass is 522 g/mol. The van der Waals surface area contributed by atoms with E-state index < -0.39 is 17.7 Å². The second-order valence-electron chi connectivity index (χ2n) is 9.49. The number of alkyl halides is 1. The van der Waals surface area contributed by atoms with Gasteiger partial charge in [-0.25, -0.2) is 19.2 Å². The zero-order chi connectivity index (χ0) is 26.9. The number of aromatic nitrogens is 2. The van der Waals surface area contributed by atoms with Gasteiger partial charge in [-0.15, -0.1) is 0 Å². The van der Waals surface area contributed by atoms with E-state index in [2.05, 4.69) is 25.9 Å². The van der Waals surface area contributed by atoms with Crippen molar-refractivity contribution in [2.24, 2.45) is 0 Å². The number of piperazine rings is 1. The fourth-order valence-electron chi connectivity index (χ4n) is 5.06. The fraction of sp³-hybridized carbons (Fsp3) is 0.440. The molecule has 1 aliphatic carbocycles. The quantitative estimate of drug-likeness (QED) is 0.346. The van der Waals surface area contributed by atoms with Crippen LogP contribution in [0, 0.1) is 11.3 Å². The van der Waals surface area contributed by atoms with E-state index in [4.69, 9.17) is 4.74 Å². The SMILES string of the molecule is COCCNc1cc(NC(=O)N2c3nc(C=O)c(CN4CCNCC4=O)cc3C3(F)CC2C3)ncc1C#N. The molecule has 0 aromatic carbocycles. The van der Waals surface area contributed by atoms with Crippen LogP contribution in [0.5, 0.6) is 0 Å². The van der Waals surface area contributed by atoms with Gasteiger partial charge in [0, 0.05) is 75.6 Å². The fourth-order valence-corrected chi connectivity index (χ4v) is 5.06. The van der Waals surface area contributed by atoms with Crippen molar-refractivity contribution in [1.29, 1.82) is 5.26 Å². The maximum absolute atomic E-state index is 15.7. The van der Waals surface area contributed by atoms with Gasteiger partial charge in [-0.1, -0.05) is 0 Å². The first-order chi connectivity index (χ1) is 18.4. The van der Waals surface area contributed by atoms with Gasteiger partial charge >= 0.3 is 6.03 Å². The van der Waals surface area contributed by atoms with Crippen LogP contribution in [-0.2, 0) is 21.7 Å². The third-order valence-corrected chi connectivity index (χ3v) is 7.07. The summed E-state index contributed by atoms with van der Waals surface area (Å²) in [7, 11) is 1.56. The van der Waals surface area contributed by atoms with E-state index in [9.17, 15) is 19.6 Å². The molecule has 2 bridgehead atoms. The number of carbonyl (C=O) groups excluding carboxylic acids is 3. The minimum atomic E-state index is -1.65. The van der Waals surface area contributed by atoms with Crippen molar-refractivity contribution in [2.45, 2.75) is 31.1 Å². The molecule has 2 fully saturated rings. The number of aldehydes is 1. The highest BCUT2D eigenvalue weighted by Crippen LogP contribution is 2.55. The van der Waals surface area contributed by atoms with Crippen molar-refractivity contribution < 1.29 is 23.5 Å². The lowest BCUT2D eigenvalue weighted by atomic mass is 9.68. The molecule has 1 saturated heterocycles. The topological polar surface area (TPSA) is 153 Å². The number of urea groups is 1. The maximum atomic E-state index is 15.7. The van der Waals surface area contributed by atoms with E-state index in [1.54, 1.807) is 18.1 Å². The molecule has 0 unspecified atom stereocenters. The normalized spacial score (nSPS) is 21.7. The first-order valence-electron chi connectivity index (χ1n) is 12.3. The number of pyridine rings is 2. The third-order valence-electron chi connectivity index (χ3n) is 7.07. The Morgan fingerprint density at radius 3 is 2.95 bits per heavy atom. The van der Waals surface area contributed by atoms with Gasteiger partial charge in [-0.2, -0.15) is 5.26 Å². The van der Waals surface area contributed by atoms with Crippen LogP contribution >= 0.6 is 0 Å². The van der Waals surface area contributed by atoms with Crippen LogP contribution in [-0.4, -0.2) is 79.0 Å². The molecule has 13 heteroatoms. The number of halogens is 1. The van der Waals surface area contributed by atoms with E-state index in [0.29, 0.717) is 49.3 Å². The molecular weight excluding hydrogens is 495 g/mol. The van der Waals surface area contributed by atoms with Crippen LogP contribution in [0.3, 0.4) is 0 Å². The van der Waals surface area contributed by atoms with Crippen molar-refractivity contribution in [1.82, 2.24) is 20.2 Å². The number of nitriles is 1.